The van der Waals surface area contributed by atoms with Gasteiger partial charge < -0.3 is 10.0 Å². The fourth-order valence-electron chi connectivity index (χ4n) is 2.84. The lowest BCUT2D eigenvalue weighted by Gasteiger charge is -2.39. The van der Waals surface area contributed by atoms with Gasteiger partial charge in [0.15, 0.2) is 0 Å². The number of carbonyl (C=O) groups is 1. The summed E-state index contributed by atoms with van der Waals surface area (Å²) in [6.45, 7) is 7.76. The molecule has 1 aliphatic rings. The maximum Gasteiger partial charge on any atom is 0.257 e. The Balaban J connectivity index is 2.01. The lowest BCUT2D eigenvalue weighted by Crippen LogP contribution is -2.50. The average Bonchev–Trinajstić information content (AvgIpc) is 2.58. The highest BCUT2D eigenvalue weighted by atomic mass is 35.5. The van der Waals surface area contributed by atoms with Crippen LogP contribution in [-0.2, 0) is 4.79 Å². The van der Waals surface area contributed by atoms with Crippen molar-refractivity contribution in [1.82, 2.24) is 0 Å². The summed E-state index contributed by atoms with van der Waals surface area (Å²) in [6.07, 6.45) is 1.88. The Bertz CT molecular complexity index is 848. The van der Waals surface area contributed by atoms with Crippen LogP contribution in [0.25, 0.3) is 6.08 Å². The quantitative estimate of drug-likeness (QED) is 0.813. The summed E-state index contributed by atoms with van der Waals surface area (Å²) >= 11 is 5.93. The smallest absolute Gasteiger partial charge is 0.257 e. The molecule has 1 N–H and O–H groups in total. The third kappa shape index (κ3) is 3.39. The number of carbonyl (C=O) groups excluding carboxylic acids is 1. The van der Waals surface area contributed by atoms with E-state index in [1.54, 1.807) is 24.0 Å². The molecular weight excluding hydrogens is 334 g/mol. The van der Waals surface area contributed by atoms with Crippen molar-refractivity contribution in [2.45, 2.75) is 19.4 Å². The molecule has 2 aromatic carbocycles. The standard InChI is InChI=1S/C21H20ClNO2/c1-14-4-10-19(11-5-14)23-13-17(21(3,25)15(2)20(23)24)12-16-6-8-18(22)9-7-16/h4-12,25H,2,13H2,1,3H3/b17-12+. The van der Waals surface area contributed by atoms with Gasteiger partial charge in [0.2, 0.25) is 0 Å². The second-order valence-electron chi connectivity index (χ2n) is 6.50. The summed E-state index contributed by atoms with van der Waals surface area (Å²) in [4.78, 5) is 14.3. The summed E-state index contributed by atoms with van der Waals surface area (Å²) in [5.41, 5.74) is 2.31. The van der Waals surface area contributed by atoms with Crippen molar-refractivity contribution in [2.75, 3.05) is 11.4 Å². The molecular formula is C21H20ClNO2. The van der Waals surface area contributed by atoms with E-state index in [4.69, 9.17) is 11.6 Å². The van der Waals surface area contributed by atoms with Gasteiger partial charge in [0, 0.05) is 16.3 Å². The van der Waals surface area contributed by atoms with E-state index in [0.29, 0.717) is 17.1 Å². The Morgan fingerprint density at radius 2 is 1.76 bits per heavy atom. The molecule has 0 aromatic heterocycles. The number of aryl methyl sites for hydroxylation is 1. The maximum absolute atomic E-state index is 12.7. The number of hydrogen-bond acceptors (Lipinski definition) is 2. The number of piperidine rings is 1. The molecule has 3 rings (SSSR count). The molecule has 2 aromatic rings. The largest absolute Gasteiger partial charge is 0.381 e. The Labute approximate surface area is 152 Å². The molecule has 25 heavy (non-hydrogen) atoms. The monoisotopic (exact) mass is 353 g/mol. The second-order valence-corrected chi connectivity index (χ2v) is 6.94. The predicted octanol–water partition coefficient (Wildman–Crippen LogP) is 4.39. The van der Waals surface area contributed by atoms with Crippen LogP contribution in [0.1, 0.15) is 18.1 Å². The fourth-order valence-corrected chi connectivity index (χ4v) is 2.97. The molecule has 1 atom stereocenters. The molecule has 1 unspecified atom stereocenters. The zero-order chi connectivity index (χ0) is 18.2. The van der Waals surface area contributed by atoms with Gasteiger partial charge in [0.05, 0.1) is 6.54 Å². The number of halogens is 1. The van der Waals surface area contributed by atoms with Gasteiger partial charge >= 0.3 is 0 Å². The minimum Gasteiger partial charge on any atom is -0.381 e. The molecule has 1 saturated heterocycles. The van der Waals surface area contributed by atoms with E-state index >= 15 is 0 Å². The first kappa shape index (κ1) is 17.5. The zero-order valence-corrected chi connectivity index (χ0v) is 15.0. The van der Waals surface area contributed by atoms with Crippen LogP contribution < -0.4 is 4.90 Å². The fraction of sp³-hybridized carbons (Fsp3) is 0.190. The highest BCUT2D eigenvalue weighted by molar-refractivity contribution is 6.30. The van der Waals surface area contributed by atoms with Crippen molar-refractivity contribution in [1.29, 1.82) is 0 Å². The van der Waals surface area contributed by atoms with Crippen molar-refractivity contribution >= 4 is 29.3 Å². The molecule has 1 aliphatic heterocycles. The van der Waals surface area contributed by atoms with E-state index in [1.807, 2.05) is 49.4 Å². The summed E-state index contributed by atoms with van der Waals surface area (Å²) in [6, 6.07) is 15.1. The minimum atomic E-state index is -1.38. The van der Waals surface area contributed by atoms with Crippen molar-refractivity contribution in [3.63, 3.8) is 0 Å². The molecule has 0 saturated carbocycles. The van der Waals surface area contributed by atoms with Crippen molar-refractivity contribution in [3.8, 4) is 0 Å². The van der Waals surface area contributed by atoms with Crippen molar-refractivity contribution < 1.29 is 9.90 Å². The van der Waals surface area contributed by atoms with Gasteiger partial charge in [-0.1, -0.05) is 54.1 Å². The Morgan fingerprint density at radius 1 is 1.16 bits per heavy atom. The Kier molecular flexibility index (Phi) is 4.55. The number of aliphatic hydroxyl groups is 1. The number of hydrogen-bond donors (Lipinski definition) is 1. The normalized spacial score (nSPS) is 22.6. The molecule has 1 amide bonds. The van der Waals surface area contributed by atoms with Crippen LogP contribution in [0, 0.1) is 6.92 Å². The van der Waals surface area contributed by atoms with Gasteiger partial charge in [-0.15, -0.1) is 0 Å². The average molecular weight is 354 g/mol. The highest BCUT2D eigenvalue weighted by Gasteiger charge is 2.41. The SMILES string of the molecule is C=C1C(=O)N(c2ccc(C)cc2)C/C(=C\c2ccc(Cl)cc2)C1(C)O. The highest BCUT2D eigenvalue weighted by Crippen LogP contribution is 2.35. The minimum absolute atomic E-state index is 0.166. The molecule has 3 nitrogen and oxygen atoms in total. The number of amides is 1. The summed E-state index contributed by atoms with van der Waals surface area (Å²) in [7, 11) is 0. The van der Waals surface area contributed by atoms with Crippen LogP contribution in [-0.4, -0.2) is 23.2 Å². The van der Waals surface area contributed by atoms with Crippen LogP contribution in [0.4, 0.5) is 5.69 Å². The van der Waals surface area contributed by atoms with Crippen LogP contribution in [0.3, 0.4) is 0 Å². The lowest BCUT2D eigenvalue weighted by molar-refractivity contribution is -0.117. The van der Waals surface area contributed by atoms with E-state index in [9.17, 15) is 9.90 Å². The molecule has 4 heteroatoms. The first-order chi connectivity index (χ1) is 11.8. The van der Waals surface area contributed by atoms with E-state index in [0.717, 1.165) is 16.8 Å². The summed E-state index contributed by atoms with van der Waals surface area (Å²) in [5.74, 6) is -0.262. The number of benzene rings is 2. The first-order valence-corrected chi connectivity index (χ1v) is 8.44. The van der Waals surface area contributed by atoms with Gasteiger partial charge in [-0.05, 0) is 49.2 Å². The van der Waals surface area contributed by atoms with Gasteiger partial charge in [0.1, 0.15) is 5.60 Å². The van der Waals surface area contributed by atoms with Crippen LogP contribution >= 0.6 is 11.6 Å². The maximum atomic E-state index is 12.7. The van der Waals surface area contributed by atoms with E-state index in [-0.39, 0.29) is 11.5 Å². The third-order valence-corrected chi connectivity index (χ3v) is 4.85. The van der Waals surface area contributed by atoms with Gasteiger partial charge in [-0.2, -0.15) is 0 Å². The molecule has 0 bridgehead atoms. The summed E-state index contributed by atoms with van der Waals surface area (Å²) < 4.78 is 0. The van der Waals surface area contributed by atoms with Gasteiger partial charge in [-0.3, -0.25) is 4.79 Å². The molecule has 1 heterocycles. The van der Waals surface area contributed by atoms with Gasteiger partial charge in [0.25, 0.3) is 5.91 Å². The van der Waals surface area contributed by atoms with Crippen LogP contribution in [0.5, 0.6) is 0 Å². The second kappa shape index (κ2) is 6.51. The molecule has 0 aliphatic carbocycles. The predicted molar refractivity (Wildman–Crippen MR) is 103 cm³/mol. The zero-order valence-electron chi connectivity index (χ0n) is 14.3. The molecule has 0 radical (unpaired) electrons. The van der Waals surface area contributed by atoms with E-state index in [2.05, 4.69) is 6.58 Å². The van der Waals surface area contributed by atoms with Crippen molar-refractivity contribution in [3.05, 3.63) is 82.4 Å². The van der Waals surface area contributed by atoms with Gasteiger partial charge in [-0.25, -0.2) is 0 Å². The Morgan fingerprint density at radius 3 is 2.36 bits per heavy atom. The molecule has 1 fully saturated rings. The number of nitrogens with zero attached hydrogens (tertiary/aromatic N) is 1. The summed E-state index contributed by atoms with van der Waals surface area (Å²) in [5, 5.41) is 11.5. The van der Waals surface area contributed by atoms with Crippen LogP contribution in [0.15, 0.2) is 66.3 Å². The third-order valence-electron chi connectivity index (χ3n) is 4.60. The van der Waals surface area contributed by atoms with E-state index < -0.39 is 5.60 Å². The van der Waals surface area contributed by atoms with Crippen LogP contribution in [0.2, 0.25) is 5.02 Å². The van der Waals surface area contributed by atoms with E-state index in [1.165, 1.54) is 0 Å². The first-order valence-electron chi connectivity index (χ1n) is 8.06. The molecule has 128 valence electrons. The molecule has 0 spiro atoms. The van der Waals surface area contributed by atoms with Crippen molar-refractivity contribution in [2.24, 2.45) is 0 Å². The number of anilines is 1. The topological polar surface area (TPSA) is 40.5 Å². The number of rotatable bonds is 2. The lowest BCUT2D eigenvalue weighted by atomic mass is 9.82. The Hall–Kier alpha value is -2.36.